The molecule has 0 bridgehead atoms. The van der Waals surface area contributed by atoms with Crippen molar-refractivity contribution < 1.29 is 4.79 Å². The summed E-state index contributed by atoms with van der Waals surface area (Å²) in [6.45, 7) is 1.83. The maximum Gasteiger partial charge on any atom is 0.227 e. The molecule has 1 spiro atoms. The van der Waals surface area contributed by atoms with Crippen molar-refractivity contribution in [3.8, 4) is 6.07 Å². The van der Waals surface area contributed by atoms with E-state index in [0.717, 1.165) is 31.6 Å². The zero-order valence-electron chi connectivity index (χ0n) is 12.6. The summed E-state index contributed by atoms with van der Waals surface area (Å²) in [7, 11) is 1.91. The maximum atomic E-state index is 12.6. The van der Waals surface area contributed by atoms with Gasteiger partial charge in [0, 0.05) is 19.8 Å². The molecular formula is C17H18N4O. The van der Waals surface area contributed by atoms with Gasteiger partial charge in [0.05, 0.1) is 30.4 Å². The molecule has 1 aromatic rings. The molecule has 112 valence electrons. The second-order valence-corrected chi connectivity index (χ2v) is 6.23. The van der Waals surface area contributed by atoms with E-state index in [1.165, 1.54) is 11.3 Å². The van der Waals surface area contributed by atoms with Crippen LogP contribution in [0.4, 0.5) is 0 Å². The van der Waals surface area contributed by atoms with Gasteiger partial charge in [-0.15, -0.1) is 0 Å². The molecule has 1 aromatic carbocycles. The van der Waals surface area contributed by atoms with E-state index in [1.807, 2.05) is 30.1 Å². The van der Waals surface area contributed by atoms with Crippen molar-refractivity contribution in [2.24, 2.45) is 0 Å². The van der Waals surface area contributed by atoms with Gasteiger partial charge in [0.1, 0.15) is 5.54 Å². The van der Waals surface area contributed by atoms with E-state index in [-0.39, 0.29) is 11.4 Å². The number of nitrogens with one attached hydrogen (secondary N) is 1. The summed E-state index contributed by atoms with van der Waals surface area (Å²) in [5.41, 5.74) is 3.59. The summed E-state index contributed by atoms with van der Waals surface area (Å²) in [5.74, 6) is 0.122. The molecule has 5 heteroatoms. The number of rotatable bonds is 0. The van der Waals surface area contributed by atoms with Crippen LogP contribution in [-0.2, 0) is 16.8 Å². The first-order valence-corrected chi connectivity index (χ1v) is 7.66. The van der Waals surface area contributed by atoms with Gasteiger partial charge in [0.2, 0.25) is 5.91 Å². The summed E-state index contributed by atoms with van der Waals surface area (Å²) in [4.78, 5) is 16.8. The monoisotopic (exact) mass is 294 g/mol. The third-order valence-electron chi connectivity index (χ3n) is 5.22. The Morgan fingerprint density at radius 3 is 3.09 bits per heavy atom. The van der Waals surface area contributed by atoms with Crippen LogP contribution in [0.3, 0.4) is 0 Å². The van der Waals surface area contributed by atoms with E-state index in [4.69, 9.17) is 5.26 Å². The molecule has 3 heterocycles. The van der Waals surface area contributed by atoms with E-state index in [9.17, 15) is 4.79 Å². The SMILES string of the molecule is CN1C(=O)Cc2cc(C#N)ccc2C12CCCN1CNC=C12. The van der Waals surface area contributed by atoms with E-state index in [0.29, 0.717) is 12.0 Å². The normalized spacial score (nSPS) is 26.2. The minimum Gasteiger partial charge on any atom is -0.372 e. The van der Waals surface area contributed by atoms with Gasteiger partial charge in [-0.3, -0.25) is 4.79 Å². The van der Waals surface area contributed by atoms with Crippen LogP contribution in [0, 0.1) is 11.3 Å². The minimum absolute atomic E-state index is 0.122. The predicted molar refractivity (Wildman–Crippen MR) is 81.3 cm³/mol. The van der Waals surface area contributed by atoms with Crippen molar-refractivity contribution in [3.63, 3.8) is 0 Å². The fraction of sp³-hybridized carbons (Fsp3) is 0.412. The lowest BCUT2D eigenvalue weighted by Gasteiger charge is -2.52. The van der Waals surface area contributed by atoms with Crippen LogP contribution in [0.25, 0.3) is 0 Å². The van der Waals surface area contributed by atoms with E-state index in [2.05, 4.69) is 22.5 Å². The molecule has 4 rings (SSSR count). The number of hydrogen-bond donors (Lipinski definition) is 1. The van der Waals surface area contributed by atoms with Crippen LogP contribution in [0.2, 0.25) is 0 Å². The number of amides is 1. The number of nitrogens with zero attached hydrogens (tertiary/aromatic N) is 3. The molecule has 1 saturated heterocycles. The summed E-state index contributed by atoms with van der Waals surface area (Å²) in [5, 5.41) is 12.4. The highest BCUT2D eigenvalue weighted by Crippen LogP contribution is 2.48. The Kier molecular flexibility index (Phi) is 2.70. The molecule has 3 aliphatic rings. The Morgan fingerprint density at radius 1 is 1.41 bits per heavy atom. The molecular weight excluding hydrogens is 276 g/mol. The Balaban J connectivity index is 1.95. The average molecular weight is 294 g/mol. The number of carbonyl (C=O) groups excluding carboxylic acids is 1. The number of piperidine rings is 1. The number of hydrogen-bond acceptors (Lipinski definition) is 4. The first kappa shape index (κ1) is 13.2. The Bertz CT molecular complexity index is 733. The first-order chi connectivity index (χ1) is 10.7. The van der Waals surface area contributed by atoms with Crippen molar-refractivity contribution in [2.75, 3.05) is 20.3 Å². The van der Waals surface area contributed by atoms with Crippen molar-refractivity contribution >= 4 is 5.91 Å². The van der Waals surface area contributed by atoms with Crippen LogP contribution in [0.5, 0.6) is 0 Å². The number of fused-ring (bicyclic) bond motifs is 4. The van der Waals surface area contributed by atoms with Gasteiger partial charge in [-0.2, -0.15) is 5.26 Å². The van der Waals surface area contributed by atoms with Crippen molar-refractivity contribution in [1.82, 2.24) is 15.1 Å². The van der Waals surface area contributed by atoms with Gasteiger partial charge in [0.25, 0.3) is 0 Å². The lowest BCUT2D eigenvalue weighted by molar-refractivity contribution is -0.137. The second kappa shape index (κ2) is 4.51. The summed E-state index contributed by atoms with van der Waals surface area (Å²) < 4.78 is 0. The predicted octanol–water partition coefficient (Wildman–Crippen LogP) is 1.27. The highest BCUT2D eigenvalue weighted by atomic mass is 16.2. The van der Waals surface area contributed by atoms with Crippen LogP contribution in [0.1, 0.15) is 29.5 Å². The molecule has 1 amide bonds. The number of nitriles is 1. The Labute approximate surface area is 129 Å². The lowest BCUT2D eigenvalue weighted by Crippen LogP contribution is -2.57. The second-order valence-electron chi connectivity index (χ2n) is 6.23. The molecule has 0 radical (unpaired) electrons. The fourth-order valence-corrected chi connectivity index (χ4v) is 4.16. The number of benzene rings is 1. The van der Waals surface area contributed by atoms with Crippen molar-refractivity contribution in [3.05, 3.63) is 46.8 Å². The van der Waals surface area contributed by atoms with Crippen LogP contribution in [-0.4, -0.2) is 36.0 Å². The van der Waals surface area contributed by atoms with Gasteiger partial charge < -0.3 is 15.1 Å². The summed E-state index contributed by atoms with van der Waals surface area (Å²) in [6.07, 6.45) is 4.41. The Morgan fingerprint density at radius 2 is 2.27 bits per heavy atom. The zero-order valence-corrected chi connectivity index (χ0v) is 12.6. The largest absolute Gasteiger partial charge is 0.372 e. The van der Waals surface area contributed by atoms with Gasteiger partial charge in [0.15, 0.2) is 0 Å². The van der Waals surface area contributed by atoms with E-state index >= 15 is 0 Å². The van der Waals surface area contributed by atoms with Crippen LogP contribution >= 0.6 is 0 Å². The third kappa shape index (κ3) is 1.55. The average Bonchev–Trinajstić information content (AvgIpc) is 3.02. The van der Waals surface area contributed by atoms with E-state index < -0.39 is 0 Å². The molecule has 1 N–H and O–H groups in total. The lowest BCUT2D eigenvalue weighted by atomic mass is 9.73. The van der Waals surface area contributed by atoms with Gasteiger partial charge in [-0.05, 0) is 36.1 Å². The summed E-state index contributed by atoms with van der Waals surface area (Å²) >= 11 is 0. The molecule has 3 aliphatic heterocycles. The molecule has 1 unspecified atom stereocenters. The first-order valence-electron chi connectivity index (χ1n) is 7.66. The molecule has 0 aromatic heterocycles. The highest BCUT2D eigenvalue weighted by Gasteiger charge is 2.51. The molecule has 1 fully saturated rings. The molecule has 5 nitrogen and oxygen atoms in total. The van der Waals surface area contributed by atoms with Crippen molar-refractivity contribution in [2.45, 2.75) is 24.8 Å². The van der Waals surface area contributed by atoms with Crippen LogP contribution in [0.15, 0.2) is 30.1 Å². The topological polar surface area (TPSA) is 59.4 Å². The number of carbonyl (C=O) groups is 1. The van der Waals surface area contributed by atoms with Gasteiger partial charge >= 0.3 is 0 Å². The van der Waals surface area contributed by atoms with Gasteiger partial charge in [-0.1, -0.05) is 6.07 Å². The Hall–Kier alpha value is -2.48. The van der Waals surface area contributed by atoms with Gasteiger partial charge in [-0.25, -0.2) is 0 Å². The van der Waals surface area contributed by atoms with Crippen LogP contribution < -0.4 is 5.32 Å². The molecule has 0 saturated carbocycles. The zero-order chi connectivity index (χ0) is 15.3. The minimum atomic E-state index is -0.388. The quantitative estimate of drug-likeness (QED) is 0.783. The smallest absolute Gasteiger partial charge is 0.227 e. The summed E-state index contributed by atoms with van der Waals surface area (Å²) in [6, 6.07) is 7.97. The molecule has 1 atom stereocenters. The van der Waals surface area contributed by atoms with E-state index in [1.54, 1.807) is 0 Å². The third-order valence-corrected chi connectivity index (χ3v) is 5.22. The standard InChI is InChI=1S/C17H18N4O/c1-20-16(22)8-13-7-12(9-18)3-4-14(13)17(20)5-2-6-21-11-19-10-15(17)21/h3-4,7,10,19H,2,5-6,8,11H2,1H3. The highest BCUT2D eigenvalue weighted by molar-refractivity contribution is 5.83. The molecule has 22 heavy (non-hydrogen) atoms. The number of likely N-dealkylation sites (N-methyl/N-ethyl adjacent to an activating group) is 1. The molecule has 0 aliphatic carbocycles. The maximum absolute atomic E-state index is 12.6. The fourth-order valence-electron chi connectivity index (χ4n) is 4.16. The van der Waals surface area contributed by atoms with Crippen molar-refractivity contribution in [1.29, 1.82) is 5.26 Å².